The molecule has 7 heteroatoms. The van der Waals surface area contributed by atoms with Gasteiger partial charge in [-0.1, -0.05) is 5.16 Å². The van der Waals surface area contributed by atoms with Gasteiger partial charge in [-0.25, -0.2) is 0 Å². The SMILES string of the molecule is CCNC(=O)c1noc(-c2sccc2C#N)n1. The highest BCUT2D eigenvalue weighted by Gasteiger charge is 2.17. The minimum atomic E-state index is -0.391. The van der Waals surface area contributed by atoms with Gasteiger partial charge in [-0.3, -0.25) is 4.79 Å². The van der Waals surface area contributed by atoms with Crippen LogP contribution in [0.1, 0.15) is 23.1 Å². The van der Waals surface area contributed by atoms with Gasteiger partial charge in [-0.05, 0) is 18.4 Å². The third-order valence-electron chi connectivity index (χ3n) is 1.95. The molecule has 0 saturated carbocycles. The number of carbonyl (C=O) groups is 1. The molecule has 0 aromatic carbocycles. The third kappa shape index (κ3) is 2.16. The minimum absolute atomic E-state index is 0.0286. The summed E-state index contributed by atoms with van der Waals surface area (Å²) in [7, 11) is 0. The van der Waals surface area contributed by atoms with E-state index in [1.54, 1.807) is 18.4 Å². The van der Waals surface area contributed by atoms with Crippen LogP contribution >= 0.6 is 11.3 Å². The van der Waals surface area contributed by atoms with Crippen molar-refractivity contribution in [2.45, 2.75) is 6.92 Å². The lowest BCUT2D eigenvalue weighted by Gasteiger charge is -1.93. The van der Waals surface area contributed by atoms with Crippen LogP contribution in [0.5, 0.6) is 0 Å². The first-order valence-electron chi connectivity index (χ1n) is 4.86. The Morgan fingerprint density at radius 3 is 3.24 bits per heavy atom. The van der Waals surface area contributed by atoms with E-state index in [2.05, 4.69) is 15.5 Å². The number of nitriles is 1. The van der Waals surface area contributed by atoms with Crippen LogP contribution in [0, 0.1) is 11.3 Å². The monoisotopic (exact) mass is 248 g/mol. The maximum Gasteiger partial charge on any atom is 0.292 e. The van der Waals surface area contributed by atoms with E-state index >= 15 is 0 Å². The molecule has 6 nitrogen and oxygen atoms in total. The van der Waals surface area contributed by atoms with Gasteiger partial charge in [-0.2, -0.15) is 10.2 Å². The fourth-order valence-corrected chi connectivity index (χ4v) is 1.98. The average molecular weight is 248 g/mol. The number of carbonyl (C=O) groups excluding carboxylic acids is 1. The van der Waals surface area contributed by atoms with Crippen LogP contribution in [-0.2, 0) is 0 Å². The Balaban J connectivity index is 2.31. The normalized spacial score (nSPS) is 9.88. The fraction of sp³-hybridized carbons (Fsp3) is 0.200. The summed E-state index contributed by atoms with van der Waals surface area (Å²) in [6.07, 6.45) is 0. The molecular weight excluding hydrogens is 240 g/mol. The molecule has 86 valence electrons. The van der Waals surface area contributed by atoms with Crippen LogP contribution in [-0.4, -0.2) is 22.6 Å². The first-order chi connectivity index (χ1) is 8.26. The number of hydrogen-bond acceptors (Lipinski definition) is 6. The molecule has 0 aliphatic heterocycles. The molecule has 0 saturated heterocycles. The van der Waals surface area contributed by atoms with Crippen molar-refractivity contribution in [3.63, 3.8) is 0 Å². The minimum Gasteiger partial charge on any atom is -0.349 e. The van der Waals surface area contributed by atoms with Crippen molar-refractivity contribution in [3.05, 3.63) is 22.8 Å². The molecule has 0 bridgehead atoms. The fourth-order valence-electron chi connectivity index (χ4n) is 1.21. The zero-order valence-corrected chi connectivity index (χ0v) is 9.74. The van der Waals surface area contributed by atoms with Gasteiger partial charge in [0, 0.05) is 6.54 Å². The van der Waals surface area contributed by atoms with Crippen LogP contribution in [0.25, 0.3) is 10.8 Å². The number of nitrogens with one attached hydrogen (secondary N) is 1. The number of rotatable bonds is 3. The van der Waals surface area contributed by atoms with E-state index in [4.69, 9.17) is 9.78 Å². The number of aromatic nitrogens is 2. The smallest absolute Gasteiger partial charge is 0.292 e. The number of nitrogens with zero attached hydrogens (tertiary/aromatic N) is 3. The maximum atomic E-state index is 11.4. The lowest BCUT2D eigenvalue weighted by molar-refractivity contribution is 0.0942. The summed E-state index contributed by atoms with van der Waals surface area (Å²) in [4.78, 5) is 16.0. The Hall–Kier alpha value is -2.20. The Morgan fingerprint density at radius 1 is 1.71 bits per heavy atom. The molecule has 0 radical (unpaired) electrons. The largest absolute Gasteiger partial charge is 0.349 e. The molecule has 2 heterocycles. The van der Waals surface area contributed by atoms with Gasteiger partial charge in [-0.15, -0.1) is 11.3 Å². The molecule has 0 aliphatic rings. The van der Waals surface area contributed by atoms with Crippen LogP contribution in [0.2, 0.25) is 0 Å². The van der Waals surface area contributed by atoms with Crippen molar-refractivity contribution < 1.29 is 9.32 Å². The highest BCUT2D eigenvalue weighted by atomic mass is 32.1. The Kier molecular flexibility index (Phi) is 3.16. The van der Waals surface area contributed by atoms with E-state index < -0.39 is 5.91 Å². The molecule has 2 rings (SSSR count). The molecule has 0 fully saturated rings. The van der Waals surface area contributed by atoms with Gasteiger partial charge < -0.3 is 9.84 Å². The zero-order chi connectivity index (χ0) is 12.3. The van der Waals surface area contributed by atoms with Gasteiger partial charge in [0.05, 0.1) is 5.56 Å². The van der Waals surface area contributed by atoms with Crippen LogP contribution in [0.4, 0.5) is 0 Å². The van der Waals surface area contributed by atoms with E-state index in [0.717, 1.165) is 0 Å². The van der Waals surface area contributed by atoms with Gasteiger partial charge in [0.15, 0.2) is 0 Å². The quantitative estimate of drug-likeness (QED) is 0.886. The van der Waals surface area contributed by atoms with Crippen LogP contribution in [0.3, 0.4) is 0 Å². The lowest BCUT2D eigenvalue weighted by atomic mass is 10.3. The zero-order valence-electron chi connectivity index (χ0n) is 8.93. The highest BCUT2D eigenvalue weighted by molar-refractivity contribution is 7.13. The standard InChI is InChI=1S/C10H8N4O2S/c1-2-12-9(15)8-13-10(16-14-8)7-6(5-11)3-4-17-7/h3-4H,2H2,1H3,(H,12,15). The molecule has 1 N–H and O–H groups in total. The number of thiophene rings is 1. The summed E-state index contributed by atoms with van der Waals surface area (Å²) in [5.41, 5.74) is 0.459. The van der Waals surface area contributed by atoms with Crippen molar-refractivity contribution >= 4 is 17.2 Å². The molecule has 2 aromatic rings. The third-order valence-corrected chi connectivity index (χ3v) is 2.85. The number of amides is 1. The van der Waals surface area contributed by atoms with Crippen LogP contribution < -0.4 is 5.32 Å². The molecule has 0 atom stereocenters. The van der Waals surface area contributed by atoms with E-state index in [1.807, 2.05) is 6.07 Å². The van der Waals surface area contributed by atoms with Gasteiger partial charge >= 0.3 is 0 Å². The molecular formula is C10H8N4O2S. The van der Waals surface area contributed by atoms with Crippen molar-refractivity contribution in [1.29, 1.82) is 5.26 Å². The van der Waals surface area contributed by atoms with E-state index in [9.17, 15) is 4.79 Å². The van der Waals surface area contributed by atoms with Gasteiger partial charge in [0.2, 0.25) is 0 Å². The highest BCUT2D eigenvalue weighted by Crippen LogP contribution is 2.27. The maximum absolute atomic E-state index is 11.4. The second-order valence-corrected chi connectivity index (χ2v) is 3.97. The predicted octanol–water partition coefficient (Wildman–Crippen LogP) is 1.42. The van der Waals surface area contributed by atoms with Crippen molar-refractivity contribution in [2.24, 2.45) is 0 Å². The van der Waals surface area contributed by atoms with Crippen LogP contribution in [0.15, 0.2) is 16.0 Å². The van der Waals surface area contributed by atoms with E-state index in [1.165, 1.54) is 11.3 Å². The predicted molar refractivity (Wildman–Crippen MR) is 60.3 cm³/mol. The van der Waals surface area contributed by atoms with Crippen molar-refractivity contribution in [2.75, 3.05) is 6.54 Å². The Bertz CT molecular complexity index is 581. The van der Waals surface area contributed by atoms with Gasteiger partial charge in [0.25, 0.3) is 17.6 Å². The Labute approximate surface area is 101 Å². The van der Waals surface area contributed by atoms with Crippen molar-refractivity contribution in [3.8, 4) is 16.8 Å². The molecule has 0 unspecified atom stereocenters. The summed E-state index contributed by atoms with van der Waals surface area (Å²) in [5, 5.41) is 16.7. The number of hydrogen-bond donors (Lipinski definition) is 1. The lowest BCUT2D eigenvalue weighted by Crippen LogP contribution is -2.23. The second kappa shape index (κ2) is 4.76. The first kappa shape index (κ1) is 11.3. The molecule has 0 spiro atoms. The summed E-state index contributed by atoms with van der Waals surface area (Å²) < 4.78 is 4.96. The average Bonchev–Trinajstić information content (AvgIpc) is 2.97. The summed E-state index contributed by atoms with van der Waals surface area (Å²) >= 11 is 1.32. The summed E-state index contributed by atoms with van der Waals surface area (Å²) in [6.45, 7) is 2.29. The summed E-state index contributed by atoms with van der Waals surface area (Å²) in [5.74, 6) is -0.227. The summed E-state index contributed by atoms with van der Waals surface area (Å²) in [6, 6.07) is 3.68. The van der Waals surface area contributed by atoms with E-state index in [0.29, 0.717) is 17.0 Å². The Morgan fingerprint density at radius 2 is 2.53 bits per heavy atom. The molecule has 2 aromatic heterocycles. The topological polar surface area (TPSA) is 91.8 Å². The van der Waals surface area contributed by atoms with Gasteiger partial charge in [0.1, 0.15) is 10.9 Å². The molecule has 17 heavy (non-hydrogen) atoms. The van der Waals surface area contributed by atoms with Crippen molar-refractivity contribution in [1.82, 2.24) is 15.5 Å². The second-order valence-electron chi connectivity index (χ2n) is 3.06. The van der Waals surface area contributed by atoms with E-state index in [-0.39, 0.29) is 11.7 Å². The molecule has 1 amide bonds. The molecule has 0 aliphatic carbocycles. The first-order valence-corrected chi connectivity index (χ1v) is 5.74.